The summed E-state index contributed by atoms with van der Waals surface area (Å²) in [4.78, 5) is 0. The first-order valence-electron chi connectivity index (χ1n) is 6.48. The lowest BCUT2D eigenvalue weighted by Gasteiger charge is -2.09. The number of ether oxygens (including phenoxy) is 1. The highest BCUT2D eigenvalue weighted by Gasteiger charge is 2.04. The van der Waals surface area contributed by atoms with Crippen LogP contribution >= 0.6 is 0 Å². The first-order chi connectivity index (χ1) is 8.13. The zero-order valence-electron chi connectivity index (χ0n) is 11.4. The maximum absolute atomic E-state index is 5.56. The molecule has 0 spiro atoms. The summed E-state index contributed by atoms with van der Waals surface area (Å²) in [6.45, 7) is 10.8. The van der Waals surface area contributed by atoms with Crippen molar-refractivity contribution < 1.29 is 4.74 Å². The van der Waals surface area contributed by atoms with Gasteiger partial charge in [0.05, 0.1) is 18.9 Å². The molecule has 0 aliphatic heterocycles. The molecule has 0 aliphatic carbocycles. The van der Waals surface area contributed by atoms with Gasteiger partial charge in [0.1, 0.15) is 0 Å². The molecule has 1 aromatic rings. The van der Waals surface area contributed by atoms with Crippen molar-refractivity contribution >= 4 is 0 Å². The summed E-state index contributed by atoms with van der Waals surface area (Å²) in [5.74, 6) is 0. The Hall–Kier alpha value is -0.870. The van der Waals surface area contributed by atoms with Crippen molar-refractivity contribution in [2.45, 2.75) is 52.8 Å². The molecular weight excluding hydrogens is 214 g/mol. The summed E-state index contributed by atoms with van der Waals surface area (Å²) >= 11 is 0. The van der Waals surface area contributed by atoms with Crippen LogP contribution in [0.3, 0.4) is 0 Å². The topological polar surface area (TPSA) is 39.1 Å². The molecule has 1 N–H and O–H groups in total. The van der Waals surface area contributed by atoms with Gasteiger partial charge in [-0.25, -0.2) is 0 Å². The van der Waals surface area contributed by atoms with E-state index in [-0.39, 0.29) is 0 Å². The van der Waals surface area contributed by atoms with Crippen molar-refractivity contribution in [3.8, 4) is 0 Å². The Balaban J connectivity index is 2.21. The van der Waals surface area contributed by atoms with Gasteiger partial charge in [0, 0.05) is 24.8 Å². The van der Waals surface area contributed by atoms with Gasteiger partial charge < -0.3 is 10.1 Å². The van der Waals surface area contributed by atoms with E-state index in [2.05, 4.69) is 38.1 Å². The van der Waals surface area contributed by atoms with Crippen LogP contribution in [0.25, 0.3) is 0 Å². The lowest BCUT2D eigenvalue weighted by Crippen LogP contribution is -2.26. The van der Waals surface area contributed by atoms with Crippen LogP contribution in [-0.2, 0) is 11.3 Å². The summed E-state index contributed by atoms with van der Waals surface area (Å²) in [5.41, 5.74) is 1.01. The van der Waals surface area contributed by atoms with Gasteiger partial charge in [-0.15, -0.1) is 0 Å². The first kappa shape index (κ1) is 14.2. The Labute approximate surface area is 104 Å². The van der Waals surface area contributed by atoms with Gasteiger partial charge in [0.15, 0.2) is 0 Å². The van der Waals surface area contributed by atoms with Gasteiger partial charge in [-0.3, -0.25) is 4.68 Å². The molecule has 0 saturated heterocycles. The molecule has 4 nitrogen and oxygen atoms in total. The molecule has 1 heterocycles. The van der Waals surface area contributed by atoms with Crippen molar-refractivity contribution in [2.75, 3.05) is 13.2 Å². The maximum atomic E-state index is 5.56. The molecule has 1 aromatic heterocycles. The Morgan fingerprint density at radius 1 is 1.41 bits per heavy atom. The molecule has 1 atom stereocenters. The minimum absolute atomic E-state index is 0.464. The second-order valence-electron chi connectivity index (χ2n) is 4.71. The summed E-state index contributed by atoms with van der Waals surface area (Å²) in [7, 11) is 0. The maximum Gasteiger partial charge on any atom is 0.0907 e. The lowest BCUT2D eigenvalue weighted by atomic mass is 10.3. The second-order valence-corrected chi connectivity index (χ2v) is 4.71. The van der Waals surface area contributed by atoms with E-state index in [0.29, 0.717) is 18.7 Å². The first-order valence-corrected chi connectivity index (χ1v) is 6.48. The molecule has 0 fully saturated rings. The molecule has 0 saturated carbocycles. The molecule has 98 valence electrons. The number of hydrogen-bond acceptors (Lipinski definition) is 3. The van der Waals surface area contributed by atoms with E-state index in [1.165, 1.54) is 0 Å². The van der Waals surface area contributed by atoms with E-state index >= 15 is 0 Å². The fourth-order valence-electron chi connectivity index (χ4n) is 1.48. The van der Waals surface area contributed by atoms with Crippen LogP contribution < -0.4 is 5.32 Å². The highest BCUT2D eigenvalue weighted by molar-refractivity contribution is 4.97. The quantitative estimate of drug-likeness (QED) is 0.708. The van der Waals surface area contributed by atoms with Gasteiger partial charge in [-0.1, -0.05) is 20.8 Å². The summed E-state index contributed by atoms with van der Waals surface area (Å²) in [6, 6.07) is 3.01. The van der Waals surface area contributed by atoms with Crippen LogP contribution in [0.15, 0.2) is 12.3 Å². The van der Waals surface area contributed by atoms with Gasteiger partial charge in [0.25, 0.3) is 0 Å². The summed E-state index contributed by atoms with van der Waals surface area (Å²) in [5, 5.41) is 7.80. The van der Waals surface area contributed by atoms with Crippen LogP contribution in [0.4, 0.5) is 0 Å². The van der Waals surface area contributed by atoms with Crippen molar-refractivity contribution in [3.05, 3.63) is 18.0 Å². The van der Waals surface area contributed by atoms with Crippen LogP contribution in [0.2, 0.25) is 0 Å². The standard InChI is InChI=1S/C13H25N3O/c1-5-12(4)16-8-6-13(15-16)10-17-9-7-14-11(2)3/h6,8,11-12,14H,5,7,9-10H2,1-4H3. The fourth-order valence-corrected chi connectivity index (χ4v) is 1.48. The third-order valence-electron chi connectivity index (χ3n) is 2.75. The van der Waals surface area contributed by atoms with E-state index < -0.39 is 0 Å². The Morgan fingerprint density at radius 2 is 2.18 bits per heavy atom. The van der Waals surface area contributed by atoms with Crippen LogP contribution in [0.1, 0.15) is 45.9 Å². The molecule has 1 rings (SSSR count). The predicted octanol–water partition coefficient (Wildman–Crippen LogP) is 2.37. The highest BCUT2D eigenvalue weighted by Crippen LogP contribution is 2.09. The molecule has 4 heteroatoms. The molecule has 0 aliphatic rings. The minimum Gasteiger partial charge on any atom is -0.374 e. The largest absolute Gasteiger partial charge is 0.374 e. The zero-order chi connectivity index (χ0) is 12.7. The van der Waals surface area contributed by atoms with Crippen molar-refractivity contribution in [1.82, 2.24) is 15.1 Å². The Bertz CT molecular complexity index is 309. The monoisotopic (exact) mass is 239 g/mol. The molecule has 0 bridgehead atoms. The molecule has 0 amide bonds. The van der Waals surface area contributed by atoms with Crippen molar-refractivity contribution in [3.63, 3.8) is 0 Å². The van der Waals surface area contributed by atoms with E-state index in [4.69, 9.17) is 4.74 Å². The lowest BCUT2D eigenvalue weighted by molar-refractivity contribution is 0.118. The average molecular weight is 239 g/mol. The summed E-state index contributed by atoms with van der Waals surface area (Å²) in [6.07, 6.45) is 3.12. The van der Waals surface area contributed by atoms with Crippen LogP contribution in [-0.4, -0.2) is 29.0 Å². The van der Waals surface area contributed by atoms with E-state index in [1.54, 1.807) is 0 Å². The SMILES string of the molecule is CCC(C)n1ccc(COCCNC(C)C)n1. The zero-order valence-corrected chi connectivity index (χ0v) is 11.4. The number of nitrogens with one attached hydrogen (secondary N) is 1. The smallest absolute Gasteiger partial charge is 0.0907 e. The third kappa shape index (κ3) is 5.33. The van der Waals surface area contributed by atoms with Gasteiger partial charge >= 0.3 is 0 Å². The number of aromatic nitrogens is 2. The van der Waals surface area contributed by atoms with Crippen molar-refractivity contribution in [2.24, 2.45) is 0 Å². The number of rotatable bonds is 8. The molecular formula is C13H25N3O. The number of hydrogen-bond donors (Lipinski definition) is 1. The van der Waals surface area contributed by atoms with E-state index in [9.17, 15) is 0 Å². The van der Waals surface area contributed by atoms with Gasteiger partial charge in [-0.05, 0) is 19.4 Å². The van der Waals surface area contributed by atoms with E-state index in [0.717, 1.165) is 25.3 Å². The van der Waals surface area contributed by atoms with Gasteiger partial charge in [-0.2, -0.15) is 5.10 Å². The number of nitrogens with zero attached hydrogens (tertiary/aromatic N) is 2. The minimum atomic E-state index is 0.464. The predicted molar refractivity (Wildman–Crippen MR) is 70.0 cm³/mol. The molecule has 0 aromatic carbocycles. The molecule has 0 radical (unpaired) electrons. The average Bonchev–Trinajstić information content (AvgIpc) is 2.76. The summed E-state index contributed by atoms with van der Waals surface area (Å²) < 4.78 is 7.56. The van der Waals surface area contributed by atoms with Crippen LogP contribution in [0, 0.1) is 0 Å². The fraction of sp³-hybridized carbons (Fsp3) is 0.769. The Kier molecular flexibility index (Phi) is 6.22. The van der Waals surface area contributed by atoms with Crippen molar-refractivity contribution in [1.29, 1.82) is 0 Å². The highest BCUT2D eigenvalue weighted by atomic mass is 16.5. The van der Waals surface area contributed by atoms with Crippen LogP contribution in [0.5, 0.6) is 0 Å². The molecule has 17 heavy (non-hydrogen) atoms. The Morgan fingerprint density at radius 3 is 2.82 bits per heavy atom. The van der Waals surface area contributed by atoms with E-state index in [1.807, 2.05) is 16.9 Å². The molecule has 1 unspecified atom stereocenters. The second kappa shape index (κ2) is 7.45. The third-order valence-corrected chi connectivity index (χ3v) is 2.75. The normalized spacial score (nSPS) is 13.2. The van der Waals surface area contributed by atoms with Gasteiger partial charge in [0.2, 0.25) is 0 Å².